The highest BCUT2D eigenvalue weighted by molar-refractivity contribution is 5.83. The number of hydrogen-bond donors (Lipinski definition) is 0. The van der Waals surface area contributed by atoms with Crippen LogP contribution in [0.15, 0.2) is 0 Å². The number of rotatable bonds is 4. The Balaban J connectivity index is 3.86. The molecular weight excluding hydrogens is 170 g/mol. The smallest absolute Gasteiger partial charge is 0.325 e. The Morgan fingerprint density at radius 2 is 2.15 bits per heavy atom. The molecule has 0 radical (unpaired) electrons. The molecule has 0 saturated heterocycles. The van der Waals surface area contributed by atoms with Gasteiger partial charge in [0.25, 0.3) is 0 Å². The monoisotopic (exact) mass is 183 g/mol. The molecule has 0 spiro atoms. The van der Waals surface area contributed by atoms with E-state index in [1.165, 1.54) is 11.9 Å². The van der Waals surface area contributed by atoms with Crippen molar-refractivity contribution in [3.8, 4) is 12.3 Å². The van der Waals surface area contributed by atoms with Gasteiger partial charge in [-0.25, -0.2) is 0 Å². The molecule has 0 bridgehead atoms. The van der Waals surface area contributed by atoms with E-state index in [1.807, 2.05) is 0 Å². The van der Waals surface area contributed by atoms with Gasteiger partial charge in [-0.2, -0.15) is 0 Å². The van der Waals surface area contributed by atoms with Crippen LogP contribution in [-0.4, -0.2) is 37.0 Å². The summed E-state index contributed by atoms with van der Waals surface area (Å²) in [6.07, 6.45) is 4.95. The van der Waals surface area contributed by atoms with Crippen LogP contribution in [0.2, 0.25) is 0 Å². The van der Waals surface area contributed by atoms with Crippen LogP contribution in [0.5, 0.6) is 0 Å². The van der Waals surface area contributed by atoms with Crippen molar-refractivity contribution in [2.75, 3.05) is 20.2 Å². The number of ether oxygens (including phenoxy) is 1. The Bertz CT molecular complexity index is 230. The van der Waals surface area contributed by atoms with Crippen LogP contribution in [0, 0.1) is 12.3 Å². The topological polar surface area (TPSA) is 46.6 Å². The molecule has 0 N–H and O–H groups in total. The van der Waals surface area contributed by atoms with Crippen LogP contribution in [0.25, 0.3) is 0 Å². The van der Waals surface area contributed by atoms with E-state index in [4.69, 9.17) is 6.42 Å². The predicted octanol–water partition coefficient (Wildman–Crippen LogP) is 0.0312. The van der Waals surface area contributed by atoms with Crippen molar-refractivity contribution in [3.05, 3.63) is 0 Å². The maximum Gasteiger partial charge on any atom is 0.325 e. The van der Waals surface area contributed by atoms with Crippen molar-refractivity contribution in [2.24, 2.45) is 0 Å². The summed E-state index contributed by atoms with van der Waals surface area (Å²) in [6.45, 7) is 1.98. The summed E-state index contributed by atoms with van der Waals surface area (Å²) in [7, 11) is 1.51. The number of terminal acetylenes is 1. The molecule has 0 aliphatic carbocycles. The average Bonchev–Trinajstić information content (AvgIpc) is 2.05. The maximum absolute atomic E-state index is 11.1. The summed E-state index contributed by atoms with van der Waals surface area (Å²) in [5.41, 5.74) is 0. The zero-order valence-corrected chi connectivity index (χ0v) is 7.87. The van der Waals surface area contributed by atoms with Crippen molar-refractivity contribution in [2.45, 2.75) is 13.3 Å². The molecule has 0 unspecified atom stereocenters. The van der Waals surface area contributed by atoms with Gasteiger partial charge in [0, 0.05) is 7.05 Å². The first-order valence-corrected chi connectivity index (χ1v) is 3.94. The van der Waals surface area contributed by atoms with Gasteiger partial charge in [0.2, 0.25) is 5.91 Å². The lowest BCUT2D eigenvalue weighted by atomic mass is 10.4. The van der Waals surface area contributed by atoms with E-state index in [1.54, 1.807) is 6.92 Å². The molecule has 0 aromatic carbocycles. The lowest BCUT2D eigenvalue weighted by Crippen LogP contribution is -2.32. The van der Waals surface area contributed by atoms with Crippen molar-refractivity contribution < 1.29 is 14.3 Å². The van der Waals surface area contributed by atoms with Crippen LogP contribution in [-0.2, 0) is 14.3 Å². The van der Waals surface area contributed by atoms with Crippen molar-refractivity contribution in [3.63, 3.8) is 0 Å². The summed E-state index contributed by atoms with van der Waals surface area (Å²) in [5.74, 6) is 1.54. The van der Waals surface area contributed by atoms with Crippen LogP contribution in [0.4, 0.5) is 0 Å². The third kappa shape index (κ3) is 4.86. The van der Waals surface area contributed by atoms with E-state index in [9.17, 15) is 9.59 Å². The van der Waals surface area contributed by atoms with E-state index in [0.29, 0.717) is 6.61 Å². The first-order valence-electron chi connectivity index (χ1n) is 3.94. The number of carbonyl (C=O) groups is 2. The largest absolute Gasteiger partial charge is 0.465 e. The van der Waals surface area contributed by atoms with Crippen molar-refractivity contribution in [1.82, 2.24) is 4.90 Å². The molecule has 4 nitrogen and oxygen atoms in total. The second-order valence-electron chi connectivity index (χ2n) is 2.44. The van der Waals surface area contributed by atoms with E-state index >= 15 is 0 Å². The molecule has 0 fully saturated rings. The number of likely N-dealkylation sites (N-methyl/N-ethyl adjacent to an activating group) is 1. The van der Waals surface area contributed by atoms with Crippen LogP contribution < -0.4 is 0 Å². The molecule has 0 aromatic rings. The fourth-order valence-electron chi connectivity index (χ4n) is 0.711. The molecule has 1 amide bonds. The molecule has 0 heterocycles. The minimum absolute atomic E-state index is 0.00983. The molecule has 13 heavy (non-hydrogen) atoms. The average molecular weight is 183 g/mol. The third-order valence-electron chi connectivity index (χ3n) is 1.35. The minimum Gasteiger partial charge on any atom is -0.465 e. The SMILES string of the molecule is C#CCC(=O)N(C)CC(=O)OCC. The van der Waals surface area contributed by atoms with Crippen LogP contribution in [0.3, 0.4) is 0 Å². The van der Waals surface area contributed by atoms with Crippen LogP contribution >= 0.6 is 0 Å². The Hall–Kier alpha value is -1.50. The minimum atomic E-state index is -0.421. The second-order valence-corrected chi connectivity index (χ2v) is 2.44. The maximum atomic E-state index is 11.1. The molecule has 0 saturated carbocycles. The van der Waals surface area contributed by atoms with Crippen molar-refractivity contribution >= 4 is 11.9 Å². The quantitative estimate of drug-likeness (QED) is 0.456. The number of esters is 1. The molecule has 0 rings (SSSR count). The van der Waals surface area contributed by atoms with E-state index in [2.05, 4.69) is 10.7 Å². The number of nitrogens with zero attached hydrogens (tertiary/aromatic N) is 1. The first-order chi connectivity index (χ1) is 6.11. The van der Waals surface area contributed by atoms with Gasteiger partial charge in [0.1, 0.15) is 6.54 Å². The standard InChI is InChI=1S/C9H13NO3/c1-4-6-8(11)10(3)7-9(12)13-5-2/h1H,5-7H2,2-3H3. The molecule has 0 aromatic heterocycles. The van der Waals surface area contributed by atoms with Gasteiger partial charge in [-0.1, -0.05) is 5.92 Å². The highest BCUT2D eigenvalue weighted by Gasteiger charge is 2.11. The molecule has 72 valence electrons. The molecular formula is C9H13NO3. The fourth-order valence-corrected chi connectivity index (χ4v) is 0.711. The van der Waals surface area contributed by atoms with Crippen LogP contribution in [0.1, 0.15) is 13.3 Å². The number of carbonyl (C=O) groups excluding carboxylic acids is 2. The zero-order chi connectivity index (χ0) is 10.3. The molecule has 0 aliphatic heterocycles. The first kappa shape index (κ1) is 11.5. The lowest BCUT2D eigenvalue weighted by Gasteiger charge is -2.14. The molecule has 0 atom stereocenters. The molecule has 4 heteroatoms. The van der Waals surface area contributed by atoms with Gasteiger partial charge in [-0.05, 0) is 6.92 Å². The normalized spacial score (nSPS) is 8.69. The van der Waals surface area contributed by atoms with Gasteiger partial charge in [-0.3, -0.25) is 9.59 Å². The lowest BCUT2D eigenvalue weighted by molar-refractivity contribution is -0.147. The van der Waals surface area contributed by atoms with E-state index in [0.717, 1.165) is 0 Å². The fraction of sp³-hybridized carbons (Fsp3) is 0.556. The van der Waals surface area contributed by atoms with Gasteiger partial charge in [0.05, 0.1) is 13.0 Å². The van der Waals surface area contributed by atoms with E-state index in [-0.39, 0.29) is 18.9 Å². The predicted molar refractivity (Wildman–Crippen MR) is 47.7 cm³/mol. The van der Waals surface area contributed by atoms with Gasteiger partial charge >= 0.3 is 5.97 Å². The second kappa shape index (κ2) is 6.06. The summed E-state index contributed by atoms with van der Waals surface area (Å²) in [5, 5.41) is 0. The van der Waals surface area contributed by atoms with E-state index < -0.39 is 5.97 Å². The number of hydrogen-bond acceptors (Lipinski definition) is 3. The highest BCUT2D eigenvalue weighted by atomic mass is 16.5. The van der Waals surface area contributed by atoms with Crippen molar-refractivity contribution in [1.29, 1.82) is 0 Å². The zero-order valence-electron chi connectivity index (χ0n) is 7.87. The highest BCUT2D eigenvalue weighted by Crippen LogP contribution is 1.90. The number of amides is 1. The van der Waals surface area contributed by atoms with Gasteiger partial charge in [0.15, 0.2) is 0 Å². The third-order valence-corrected chi connectivity index (χ3v) is 1.35. The summed E-state index contributed by atoms with van der Waals surface area (Å²) < 4.78 is 4.66. The van der Waals surface area contributed by atoms with Gasteiger partial charge in [-0.15, -0.1) is 6.42 Å². The summed E-state index contributed by atoms with van der Waals surface area (Å²) in [4.78, 5) is 23.2. The summed E-state index contributed by atoms with van der Waals surface area (Å²) >= 11 is 0. The van der Waals surface area contributed by atoms with Gasteiger partial charge < -0.3 is 9.64 Å². The Morgan fingerprint density at radius 3 is 2.62 bits per heavy atom. The molecule has 0 aliphatic rings. The Kier molecular flexibility index (Phi) is 5.37. The summed E-state index contributed by atoms with van der Waals surface area (Å²) in [6, 6.07) is 0. The Labute approximate surface area is 77.9 Å². The Morgan fingerprint density at radius 1 is 1.54 bits per heavy atom.